The number of aromatic amines is 1. The van der Waals surface area contributed by atoms with Crippen molar-refractivity contribution >= 4 is 33.8 Å². The fourth-order valence-corrected chi connectivity index (χ4v) is 4.18. The Morgan fingerprint density at radius 2 is 1.91 bits per heavy atom. The average molecular weight is 456 g/mol. The van der Waals surface area contributed by atoms with Crippen LogP contribution >= 0.6 is 0 Å². The molecule has 3 heterocycles. The summed E-state index contributed by atoms with van der Waals surface area (Å²) in [6.45, 7) is 2.41. The van der Waals surface area contributed by atoms with Gasteiger partial charge in [-0.15, -0.1) is 0 Å². The highest BCUT2D eigenvalue weighted by Crippen LogP contribution is 2.28. The summed E-state index contributed by atoms with van der Waals surface area (Å²) in [6, 6.07) is 14.8. The summed E-state index contributed by atoms with van der Waals surface area (Å²) < 4.78 is 1.66. The second kappa shape index (κ2) is 8.91. The van der Waals surface area contributed by atoms with E-state index >= 15 is 0 Å². The van der Waals surface area contributed by atoms with Crippen molar-refractivity contribution in [2.24, 2.45) is 5.73 Å². The number of hydrogen-bond donors (Lipinski definition) is 4. The summed E-state index contributed by atoms with van der Waals surface area (Å²) in [6.07, 6.45) is 2.86. The van der Waals surface area contributed by atoms with E-state index in [4.69, 9.17) is 16.5 Å². The largest absolute Gasteiger partial charge is 0.368 e. The van der Waals surface area contributed by atoms with Crippen LogP contribution < -0.4 is 22.3 Å². The normalized spacial score (nSPS) is 12.3. The predicted molar refractivity (Wildman–Crippen MR) is 133 cm³/mol. The number of anilines is 2. The van der Waals surface area contributed by atoms with Gasteiger partial charge in [0.2, 0.25) is 5.95 Å². The van der Waals surface area contributed by atoms with E-state index in [-0.39, 0.29) is 17.5 Å². The molecule has 3 aromatic heterocycles. The van der Waals surface area contributed by atoms with Crippen LogP contribution in [0.3, 0.4) is 0 Å². The molecule has 1 atom stereocenters. The van der Waals surface area contributed by atoms with Crippen molar-refractivity contribution in [2.75, 3.05) is 17.6 Å². The second-order valence-electron chi connectivity index (χ2n) is 8.07. The number of H-pyrrole nitrogens is 1. The molecule has 34 heavy (non-hydrogen) atoms. The number of benzene rings is 2. The molecule has 0 radical (unpaired) electrons. The summed E-state index contributed by atoms with van der Waals surface area (Å²) in [5.41, 5.74) is 15.0. The fraction of sp³-hybridized carbons (Fsp3) is 0.208. The van der Waals surface area contributed by atoms with Gasteiger partial charge in [-0.25, -0.2) is 9.97 Å². The summed E-state index contributed by atoms with van der Waals surface area (Å²) in [7, 11) is 0. The number of rotatable bonds is 7. The Bertz CT molecular complexity index is 1520. The van der Waals surface area contributed by atoms with Gasteiger partial charge in [0.05, 0.1) is 29.0 Å². The van der Waals surface area contributed by atoms with Crippen LogP contribution in [-0.4, -0.2) is 36.0 Å². The third kappa shape index (κ3) is 3.84. The van der Waals surface area contributed by atoms with Crippen LogP contribution in [0.25, 0.3) is 27.8 Å². The number of nitrogens with one attached hydrogen (secondary N) is 2. The molecule has 6 N–H and O–H groups in total. The molecule has 0 spiro atoms. The topological polar surface area (TPSA) is 153 Å². The van der Waals surface area contributed by atoms with Crippen LogP contribution in [-0.2, 0) is 0 Å². The van der Waals surface area contributed by atoms with Gasteiger partial charge >= 0.3 is 0 Å². The van der Waals surface area contributed by atoms with Gasteiger partial charge in [0.15, 0.2) is 11.5 Å². The lowest BCUT2D eigenvalue weighted by Crippen LogP contribution is -2.29. The lowest BCUT2D eigenvalue weighted by atomic mass is 10.1. The third-order valence-electron chi connectivity index (χ3n) is 5.77. The van der Waals surface area contributed by atoms with Crippen molar-refractivity contribution in [1.29, 1.82) is 0 Å². The van der Waals surface area contributed by atoms with Crippen molar-refractivity contribution in [3.8, 4) is 5.69 Å². The summed E-state index contributed by atoms with van der Waals surface area (Å²) >= 11 is 0. The number of hydrogen-bond acceptors (Lipinski definition) is 8. The zero-order valence-corrected chi connectivity index (χ0v) is 18.7. The van der Waals surface area contributed by atoms with Crippen LogP contribution in [0.1, 0.15) is 30.3 Å². The second-order valence-corrected chi connectivity index (χ2v) is 8.07. The number of nitrogens with zero attached hydrogens (tertiary/aromatic N) is 5. The summed E-state index contributed by atoms with van der Waals surface area (Å²) in [5, 5.41) is 4.03. The first-order valence-corrected chi connectivity index (χ1v) is 11.1. The molecule has 10 heteroatoms. The molecule has 5 rings (SSSR count). The van der Waals surface area contributed by atoms with E-state index in [0.717, 1.165) is 11.3 Å². The Morgan fingerprint density at radius 1 is 1.09 bits per heavy atom. The fourth-order valence-electron chi connectivity index (χ4n) is 4.18. The Morgan fingerprint density at radius 3 is 2.71 bits per heavy atom. The minimum Gasteiger partial charge on any atom is -0.368 e. The van der Waals surface area contributed by atoms with Crippen molar-refractivity contribution in [2.45, 2.75) is 25.8 Å². The van der Waals surface area contributed by atoms with E-state index in [1.165, 1.54) is 6.33 Å². The minimum absolute atomic E-state index is 0.0993. The van der Waals surface area contributed by atoms with Crippen LogP contribution in [0.4, 0.5) is 11.8 Å². The summed E-state index contributed by atoms with van der Waals surface area (Å²) in [4.78, 5) is 34.6. The molecule has 2 aromatic carbocycles. The van der Waals surface area contributed by atoms with Crippen molar-refractivity contribution in [3.05, 3.63) is 76.6 Å². The molecular formula is C24H25N9O. The number of para-hydroxylation sites is 1. The lowest BCUT2D eigenvalue weighted by molar-refractivity contribution is 0.601. The number of imidazole rings is 1. The molecule has 0 aliphatic rings. The van der Waals surface area contributed by atoms with Gasteiger partial charge in [0, 0.05) is 0 Å². The van der Waals surface area contributed by atoms with Gasteiger partial charge in [0.1, 0.15) is 11.3 Å². The molecule has 1 unspecified atom stereocenters. The third-order valence-corrected chi connectivity index (χ3v) is 5.77. The molecule has 0 fully saturated rings. The average Bonchev–Trinajstić information content (AvgIpc) is 3.30. The zero-order chi connectivity index (χ0) is 23.7. The number of fused-ring (bicyclic) bond motifs is 2. The highest BCUT2D eigenvalue weighted by molar-refractivity contribution is 5.84. The zero-order valence-electron chi connectivity index (χ0n) is 18.7. The van der Waals surface area contributed by atoms with Gasteiger partial charge in [-0.3, -0.25) is 9.36 Å². The van der Waals surface area contributed by atoms with Crippen molar-refractivity contribution in [1.82, 2.24) is 29.5 Å². The maximum Gasteiger partial charge on any atom is 0.266 e. The van der Waals surface area contributed by atoms with E-state index in [9.17, 15) is 4.79 Å². The maximum atomic E-state index is 13.8. The van der Waals surface area contributed by atoms with Crippen LogP contribution in [0.2, 0.25) is 0 Å². The van der Waals surface area contributed by atoms with Crippen molar-refractivity contribution in [3.63, 3.8) is 0 Å². The van der Waals surface area contributed by atoms with Gasteiger partial charge < -0.3 is 21.8 Å². The van der Waals surface area contributed by atoms with E-state index in [1.807, 2.05) is 55.5 Å². The molecule has 0 aliphatic heterocycles. The molecule has 0 saturated heterocycles. The van der Waals surface area contributed by atoms with Crippen LogP contribution in [0, 0.1) is 6.92 Å². The minimum atomic E-state index is -0.387. The SMILES string of the molecule is Cc1cccc2nc(C(CCCN)Nc3nc(N)nc4nc[nH]c34)n(-c3ccccc3)c(=O)c12. The molecule has 0 bridgehead atoms. The van der Waals surface area contributed by atoms with E-state index in [2.05, 4.69) is 25.3 Å². The first kappa shape index (κ1) is 21.5. The molecule has 5 aromatic rings. The molecule has 0 amide bonds. The number of aromatic nitrogens is 6. The predicted octanol–water partition coefficient (Wildman–Crippen LogP) is 2.83. The molecule has 10 nitrogen and oxygen atoms in total. The summed E-state index contributed by atoms with van der Waals surface area (Å²) in [5.74, 6) is 1.15. The van der Waals surface area contributed by atoms with Crippen molar-refractivity contribution < 1.29 is 0 Å². The quantitative estimate of drug-likeness (QED) is 0.292. The lowest BCUT2D eigenvalue weighted by Gasteiger charge is -2.23. The van der Waals surface area contributed by atoms with Gasteiger partial charge in [-0.1, -0.05) is 30.3 Å². The highest BCUT2D eigenvalue weighted by atomic mass is 16.1. The Labute approximate surface area is 195 Å². The number of nitrogens with two attached hydrogens (primary N) is 2. The smallest absolute Gasteiger partial charge is 0.266 e. The number of nitrogen functional groups attached to an aromatic ring is 1. The Balaban J connectivity index is 1.74. The molecule has 0 aliphatic carbocycles. The Hall–Kier alpha value is -4.31. The van der Waals surface area contributed by atoms with E-state index in [1.54, 1.807) is 4.57 Å². The van der Waals surface area contributed by atoms with Crippen LogP contribution in [0.5, 0.6) is 0 Å². The molecule has 0 saturated carbocycles. The van der Waals surface area contributed by atoms with Gasteiger partial charge in [0.25, 0.3) is 5.56 Å². The van der Waals surface area contributed by atoms with E-state index in [0.29, 0.717) is 53.1 Å². The molecule has 172 valence electrons. The first-order chi connectivity index (χ1) is 16.6. The first-order valence-electron chi connectivity index (χ1n) is 11.1. The maximum absolute atomic E-state index is 13.8. The highest BCUT2D eigenvalue weighted by Gasteiger charge is 2.23. The monoisotopic (exact) mass is 455 g/mol. The van der Waals surface area contributed by atoms with Gasteiger partial charge in [-0.05, 0) is 50.1 Å². The standard InChI is InChI=1S/C24H25N9O/c1-14-7-5-10-16-18(14)23(34)33(15-8-3-2-4-9-15)22(30-16)17(11-6-12-25)29-21-19-20(28-13-27-19)31-24(26)32-21/h2-5,7-10,13,17H,6,11-12,25H2,1H3,(H4,26,27,28,29,31,32). The Kier molecular flexibility index (Phi) is 5.64. The van der Waals surface area contributed by atoms with Gasteiger partial charge in [-0.2, -0.15) is 9.97 Å². The molecular weight excluding hydrogens is 430 g/mol. The number of aryl methyl sites for hydroxylation is 1. The van der Waals surface area contributed by atoms with Crippen LogP contribution in [0.15, 0.2) is 59.7 Å². The van der Waals surface area contributed by atoms with E-state index < -0.39 is 0 Å².